The minimum atomic E-state index is -0.348. The number of carbonyl (C=O) groups excluding carboxylic acids is 1. The molecule has 0 unspecified atom stereocenters. The average molecular weight is 407 g/mol. The molecule has 4 aromatic rings. The third kappa shape index (κ3) is 3.90. The highest BCUT2D eigenvalue weighted by Gasteiger charge is 2.15. The predicted molar refractivity (Wildman–Crippen MR) is 110 cm³/mol. The maximum absolute atomic E-state index is 12.5. The van der Waals surface area contributed by atoms with Crippen molar-refractivity contribution in [1.29, 1.82) is 0 Å². The van der Waals surface area contributed by atoms with E-state index in [4.69, 9.17) is 4.74 Å². The van der Waals surface area contributed by atoms with Crippen LogP contribution in [-0.2, 0) is 0 Å². The zero-order chi connectivity index (χ0) is 20.4. The molecule has 0 bridgehead atoms. The normalized spacial score (nSPS) is 11.0. The molecular formula is C20H17N5O3S. The molecule has 0 radical (unpaired) electrons. The Labute approximate surface area is 169 Å². The van der Waals surface area contributed by atoms with Crippen molar-refractivity contribution in [3.63, 3.8) is 0 Å². The van der Waals surface area contributed by atoms with E-state index in [2.05, 4.69) is 20.3 Å². The van der Waals surface area contributed by atoms with Crippen LogP contribution in [0.2, 0.25) is 0 Å². The fourth-order valence-electron chi connectivity index (χ4n) is 2.72. The number of fused-ring (bicyclic) bond motifs is 1. The standard InChI is InChI=1S/C20H17N5O3S/c1-12-3-5-14(6-4-12)17-18(27)21-19-22-23-20(25(19)24-17)29-11-16(26)13-7-9-15(28-2)10-8-13/h3-10H,11H2,1-2H3,(H,21,22,27). The van der Waals surface area contributed by atoms with Crippen LogP contribution in [0.3, 0.4) is 0 Å². The number of Topliss-reactive ketones (excluding diaryl/α,β-unsaturated/α-hetero) is 1. The van der Waals surface area contributed by atoms with E-state index in [0.29, 0.717) is 22.0 Å². The second-order valence-electron chi connectivity index (χ2n) is 6.33. The number of rotatable bonds is 6. The van der Waals surface area contributed by atoms with Gasteiger partial charge in [0.05, 0.1) is 12.9 Å². The minimum absolute atomic E-state index is 0.0578. The number of thioether (sulfide) groups is 1. The molecule has 0 fully saturated rings. The Morgan fingerprint density at radius 1 is 1.10 bits per heavy atom. The Morgan fingerprint density at radius 2 is 1.83 bits per heavy atom. The molecule has 9 heteroatoms. The lowest BCUT2D eigenvalue weighted by molar-refractivity contribution is 0.102. The second kappa shape index (κ2) is 7.88. The van der Waals surface area contributed by atoms with Gasteiger partial charge in [0.25, 0.3) is 11.3 Å². The zero-order valence-electron chi connectivity index (χ0n) is 15.7. The Balaban J connectivity index is 1.59. The number of hydrogen-bond acceptors (Lipinski definition) is 7. The van der Waals surface area contributed by atoms with Crippen molar-refractivity contribution < 1.29 is 9.53 Å². The summed E-state index contributed by atoms with van der Waals surface area (Å²) < 4.78 is 6.55. The maximum atomic E-state index is 12.5. The number of carbonyl (C=O) groups is 1. The summed E-state index contributed by atoms with van der Waals surface area (Å²) in [6, 6.07) is 14.4. The van der Waals surface area contributed by atoms with Crippen LogP contribution in [0.1, 0.15) is 15.9 Å². The van der Waals surface area contributed by atoms with E-state index in [1.165, 1.54) is 16.3 Å². The summed E-state index contributed by atoms with van der Waals surface area (Å²) in [7, 11) is 1.57. The molecule has 2 aromatic carbocycles. The van der Waals surface area contributed by atoms with Gasteiger partial charge in [-0.05, 0) is 31.2 Å². The van der Waals surface area contributed by atoms with Crippen molar-refractivity contribution in [2.75, 3.05) is 12.9 Å². The van der Waals surface area contributed by atoms with Gasteiger partial charge in [-0.1, -0.05) is 41.6 Å². The lowest BCUT2D eigenvalue weighted by atomic mass is 10.1. The molecule has 0 atom stereocenters. The molecule has 0 spiro atoms. The van der Waals surface area contributed by atoms with Crippen LogP contribution in [0.25, 0.3) is 17.0 Å². The van der Waals surface area contributed by atoms with E-state index >= 15 is 0 Å². The predicted octanol–water partition coefficient (Wildman–Crippen LogP) is 2.77. The fraction of sp³-hybridized carbons (Fsp3) is 0.150. The molecule has 1 N–H and O–H groups in total. The highest BCUT2D eigenvalue weighted by molar-refractivity contribution is 7.99. The van der Waals surface area contributed by atoms with Crippen LogP contribution in [-0.4, -0.2) is 43.4 Å². The molecule has 0 saturated heterocycles. The molecule has 0 aliphatic rings. The van der Waals surface area contributed by atoms with Crippen LogP contribution in [0, 0.1) is 6.92 Å². The average Bonchev–Trinajstić information content (AvgIpc) is 3.13. The van der Waals surface area contributed by atoms with Gasteiger partial charge in [0.2, 0.25) is 5.16 Å². The summed E-state index contributed by atoms with van der Waals surface area (Å²) >= 11 is 1.21. The molecule has 146 valence electrons. The van der Waals surface area contributed by atoms with Crippen molar-refractivity contribution >= 4 is 23.3 Å². The molecule has 4 rings (SSSR count). The van der Waals surface area contributed by atoms with E-state index in [9.17, 15) is 9.59 Å². The van der Waals surface area contributed by atoms with E-state index in [1.54, 1.807) is 31.4 Å². The molecule has 2 aromatic heterocycles. The number of ether oxygens (including phenoxy) is 1. The van der Waals surface area contributed by atoms with Gasteiger partial charge >= 0.3 is 0 Å². The molecule has 8 nitrogen and oxygen atoms in total. The summed E-state index contributed by atoms with van der Waals surface area (Å²) in [6.07, 6.45) is 0. The van der Waals surface area contributed by atoms with Gasteiger partial charge in [-0.2, -0.15) is 9.61 Å². The SMILES string of the molecule is COc1ccc(C(=O)CSc2nnc3[nH]c(=O)c(-c4ccc(C)cc4)nn23)cc1. The number of benzene rings is 2. The molecule has 0 aliphatic carbocycles. The Bertz CT molecular complexity index is 1230. The fourth-order valence-corrected chi connectivity index (χ4v) is 3.50. The third-order valence-corrected chi connectivity index (χ3v) is 5.24. The van der Waals surface area contributed by atoms with Gasteiger partial charge in [-0.15, -0.1) is 10.2 Å². The molecule has 29 heavy (non-hydrogen) atoms. The van der Waals surface area contributed by atoms with E-state index in [0.717, 1.165) is 5.56 Å². The summed E-state index contributed by atoms with van der Waals surface area (Å²) in [5.74, 6) is 1.02. The maximum Gasteiger partial charge on any atom is 0.279 e. The second-order valence-corrected chi connectivity index (χ2v) is 7.27. The topological polar surface area (TPSA) is 102 Å². The van der Waals surface area contributed by atoms with Gasteiger partial charge in [-0.25, -0.2) is 0 Å². The first-order valence-corrected chi connectivity index (χ1v) is 9.76. The Kier molecular flexibility index (Phi) is 5.13. The van der Waals surface area contributed by atoms with Gasteiger partial charge in [0.15, 0.2) is 11.5 Å². The lowest BCUT2D eigenvalue weighted by Crippen LogP contribution is -2.15. The number of H-pyrrole nitrogens is 1. The number of aromatic nitrogens is 5. The van der Waals surface area contributed by atoms with Crippen molar-refractivity contribution in [3.05, 3.63) is 70.0 Å². The van der Waals surface area contributed by atoms with Gasteiger partial charge in [0.1, 0.15) is 5.75 Å². The number of nitrogens with zero attached hydrogens (tertiary/aromatic N) is 4. The number of aromatic amines is 1. The van der Waals surface area contributed by atoms with Gasteiger partial charge in [-0.3, -0.25) is 14.6 Å². The summed E-state index contributed by atoms with van der Waals surface area (Å²) in [4.78, 5) is 27.5. The van der Waals surface area contributed by atoms with Gasteiger partial charge < -0.3 is 4.74 Å². The van der Waals surface area contributed by atoms with Gasteiger partial charge in [0, 0.05) is 11.1 Å². The van der Waals surface area contributed by atoms with E-state index in [1.807, 2.05) is 31.2 Å². The highest BCUT2D eigenvalue weighted by atomic mass is 32.2. The summed E-state index contributed by atoms with van der Waals surface area (Å²) in [5, 5.41) is 12.8. The van der Waals surface area contributed by atoms with Crippen LogP contribution in [0.5, 0.6) is 5.75 Å². The number of nitrogens with one attached hydrogen (secondary N) is 1. The zero-order valence-corrected chi connectivity index (χ0v) is 16.6. The summed E-state index contributed by atoms with van der Waals surface area (Å²) in [5.41, 5.74) is 2.27. The molecule has 0 aliphatic heterocycles. The Morgan fingerprint density at radius 3 is 2.52 bits per heavy atom. The quantitative estimate of drug-likeness (QED) is 0.387. The number of ketones is 1. The lowest BCUT2D eigenvalue weighted by Gasteiger charge is -2.04. The smallest absolute Gasteiger partial charge is 0.279 e. The summed E-state index contributed by atoms with van der Waals surface area (Å²) in [6.45, 7) is 1.97. The molecule has 0 saturated carbocycles. The van der Waals surface area contributed by atoms with Crippen molar-refractivity contribution in [2.24, 2.45) is 0 Å². The highest BCUT2D eigenvalue weighted by Crippen LogP contribution is 2.20. The Hall–Kier alpha value is -3.46. The van der Waals surface area contributed by atoms with Crippen molar-refractivity contribution in [1.82, 2.24) is 24.8 Å². The monoisotopic (exact) mass is 407 g/mol. The van der Waals surface area contributed by atoms with Crippen LogP contribution in [0.15, 0.2) is 58.5 Å². The van der Waals surface area contributed by atoms with Crippen LogP contribution < -0.4 is 10.3 Å². The third-order valence-electron chi connectivity index (χ3n) is 4.32. The first-order chi connectivity index (χ1) is 14.0. The van der Waals surface area contributed by atoms with Crippen molar-refractivity contribution in [3.8, 4) is 17.0 Å². The molecule has 0 amide bonds. The van der Waals surface area contributed by atoms with Crippen LogP contribution >= 0.6 is 11.8 Å². The van der Waals surface area contributed by atoms with Crippen LogP contribution in [0.4, 0.5) is 0 Å². The minimum Gasteiger partial charge on any atom is -0.497 e. The first-order valence-electron chi connectivity index (χ1n) is 8.78. The largest absolute Gasteiger partial charge is 0.497 e. The van der Waals surface area contributed by atoms with E-state index < -0.39 is 0 Å². The number of aryl methyl sites for hydroxylation is 1. The molecule has 2 heterocycles. The van der Waals surface area contributed by atoms with Crippen molar-refractivity contribution in [2.45, 2.75) is 12.1 Å². The molecular weight excluding hydrogens is 390 g/mol. The number of hydrogen-bond donors (Lipinski definition) is 1. The number of methoxy groups -OCH3 is 1. The first kappa shape index (κ1) is 18.9. The van der Waals surface area contributed by atoms with E-state index in [-0.39, 0.29) is 28.6 Å².